The van der Waals surface area contributed by atoms with Gasteiger partial charge in [0.2, 0.25) is 15.9 Å². The Hall–Kier alpha value is -2.58. The van der Waals surface area contributed by atoms with Crippen LogP contribution in [0.1, 0.15) is 11.1 Å². The second-order valence-corrected chi connectivity index (χ2v) is 7.66. The van der Waals surface area contributed by atoms with Crippen LogP contribution in [0.15, 0.2) is 47.4 Å². The summed E-state index contributed by atoms with van der Waals surface area (Å²) in [5.41, 5.74) is 1.82. The number of benzene rings is 2. The van der Waals surface area contributed by atoms with Crippen molar-refractivity contribution < 1.29 is 22.7 Å². The molecular weight excluding hydrogens is 368 g/mol. The summed E-state index contributed by atoms with van der Waals surface area (Å²) in [4.78, 5) is 12.0. The molecule has 0 heterocycles. The van der Waals surface area contributed by atoms with Crippen molar-refractivity contribution in [1.82, 2.24) is 10.0 Å². The van der Waals surface area contributed by atoms with Crippen LogP contribution in [0.5, 0.6) is 11.5 Å². The highest BCUT2D eigenvalue weighted by molar-refractivity contribution is 7.89. The Bertz CT molecular complexity index is 879. The van der Waals surface area contributed by atoms with Crippen LogP contribution in [-0.2, 0) is 21.2 Å². The summed E-state index contributed by atoms with van der Waals surface area (Å²) in [5.74, 6) is 0.593. The summed E-state index contributed by atoms with van der Waals surface area (Å²) >= 11 is 0. The van der Waals surface area contributed by atoms with Crippen LogP contribution in [0.3, 0.4) is 0 Å². The van der Waals surface area contributed by atoms with Crippen LogP contribution >= 0.6 is 0 Å². The molecule has 1 amide bonds. The van der Waals surface area contributed by atoms with Crippen LogP contribution in [0, 0.1) is 6.92 Å². The average molecular weight is 392 g/mol. The fraction of sp³-hybridized carbons (Fsp3) is 0.316. The average Bonchev–Trinajstić information content (AvgIpc) is 2.67. The lowest BCUT2D eigenvalue weighted by molar-refractivity contribution is -0.119. The third-order valence-corrected chi connectivity index (χ3v) is 5.35. The van der Waals surface area contributed by atoms with Crippen LogP contribution in [0.2, 0.25) is 0 Å². The van der Waals surface area contributed by atoms with E-state index < -0.39 is 15.9 Å². The Balaban J connectivity index is 1.86. The van der Waals surface area contributed by atoms with Crippen LogP contribution in [0.25, 0.3) is 0 Å². The molecule has 2 aromatic rings. The number of sulfonamides is 1. The van der Waals surface area contributed by atoms with E-state index in [1.54, 1.807) is 26.2 Å². The molecule has 0 unspecified atom stereocenters. The molecule has 2 rings (SSSR count). The predicted molar refractivity (Wildman–Crippen MR) is 103 cm³/mol. The number of carbonyl (C=O) groups excluding carboxylic acids is 1. The van der Waals surface area contributed by atoms with E-state index in [2.05, 4.69) is 10.0 Å². The third-order valence-electron chi connectivity index (χ3n) is 3.93. The van der Waals surface area contributed by atoms with Crippen LogP contribution < -0.4 is 19.5 Å². The van der Waals surface area contributed by atoms with Gasteiger partial charge in [-0.2, -0.15) is 0 Å². The highest BCUT2D eigenvalue weighted by Gasteiger charge is 2.20. The molecule has 0 aliphatic heterocycles. The van der Waals surface area contributed by atoms with Crippen molar-refractivity contribution in [1.29, 1.82) is 0 Å². The summed E-state index contributed by atoms with van der Waals surface area (Å²) in [5, 5.41) is 2.70. The Labute approximate surface area is 159 Å². The fourth-order valence-corrected chi connectivity index (χ4v) is 3.67. The monoisotopic (exact) mass is 392 g/mol. The van der Waals surface area contributed by atoms with Gasteiger partial charge in [0.25, 0.3) is 0 Å². The smallest absolute Gasteiger partial charge is 0.244 e. The highest BCUT2D eigenvalue weighted by Crippen LogP contribution is 2.24. The number of hydrogen-bond acceptors (Lipinski definition) is 5. The summed E-state index contributed by atoms with van der Waals surface area (Å²) in [6.07, 6.45) is 0.633. The van der Waals surface area contributed by atoms with Crippen molar-refractivity contribution in [3.05, 3.63) is 53.6 Å². The van der Waals surface area contributed by atoms with Gasteiger partial charge >= 0.3 is 0 Å². The van der Waals surface area contributed by atoms with E-state index in [0.717, 1.165) is 16.9 Å². The lowest BCUT2D eigenvalue weighted by Gasteiger charge is -2.11. The maximum atomic E-state index is 12.4. The molecule has 2 aromatic carbocycles. The van der Waals surface area contributed by atoms with Gasteiger partial charge in [0.1, 0.15) is 16.4 Å². The molecule has 0 bridgehead atoms. The van der Waals surface area contributed by atoms with Crippen molar-refractivity contribution in [3.8, 4) is 11.5 Å². The van der Waals surface area contributed by atoms with Crippen LogP contribution in [-0.4, -0.2) is 41.6 Å². The van der Waals surface area contributed by atoms with E-state index in [-0.39, 0.29) is 17.2 Å². The Morgan fingerprint density at radius 3 is 2.37 bits per heavy atom. The molecule has 8 heteroatoms. The van der Waals surface area contributed by atoms with E-state index in [4.69, 9.17) is 9.47 Å². The van der Waals surface area contributed by atoms with Crippen LogP contribution in [0.4, 0.5) is 0 Å². The Morgan fingerprint density at radius 1 is 1.04 bits per heavy atom. The molecule has 7 nitrogen and oxygen atoms in total. The standard InChI is InChI=1S/C19H24N2O5S/c1-14-4-9-17(26-3)18(12-14)27(23,24)21-13-19(22)20-11-10-15-5-7-16(25-2)8-6-15/h4-9,12,21H,10-11,13H2,1-3H3,(H,20,22). The molecule has 27 heavy (non-hydrogen) atoms. The van der Waals surface area contributed by atoms with Crippen molar-refractivity contribution in [2.75, 3.05) is 27.3 Å². The maximum Gasteiger partial charge on any atom is 0.244 e. The maximum absolute atomic E-state index is 12.4. The number of methoxy groups -OCH3 is 2. The number of ether oxygens (including phenoxy) is 2. The minimum Gasteiger partial charge on any atom is -0.497 e. The van der Waals surface area contributed by atoms with Crippen molar-refractivity contribution >= 4 is 15.9 Å². The largest absolute Gasteiger partial charge is 0.497 e. The molecule has 0 fully saturated rings. The molecule has 0 radical (unpaired) electrons. The predicted octanol–water partition coefficient (Wildman–Crippen LogP) is 1.65. The van der Waals surface area contributed by atoms with Gasteiger partial charge in [0.05, 0.1) is 20.8 Å². The number of hydrogen-bond donors (Lipinski definition) is 2. The molecular formula is C19H24N2O5S. The third kappa shape index (κ3) is 5.97. The number of rotatable bonds is 9. The van der Waals surface area contributed by atoms with Gasteiger partial charge in [0.15, 0.2) is 0 Å². The van der Waals surface area contributed by atoms with Crippen molar-refractivity contribution in [2.45, 2.75) is 18.2 Å². The Kier molecular flexibility index (Phi) is 7.20. The minimum atomic E-state index is -3.86. The summed E-state index contributed by atoms with van der Waals surface area (Å²) < 4.78 is 37.4. The Morgan fingerprint density at radius 2 is 1.74 bits per heavy atom. The van der Waals surface area contributed by atoms with Gasteiger partial charge in [-0.1, -0.05) is 18.2 Å². The van der Waals surface area contributed by atoms with Gasteiger partial charge < -0.3 is 14.8 Å². The number of nitrogens with one attached hydrogen (secondary N) is 2. The molecule has 0 saturated carbocycles. The summed E-state index contributed by atoms with van der Waals surface area (Å²) in [7, 11) is -0.857. The van der Waals surface area contributed by atoms with Gasteiger partial charge in [-0.3, -0.25) is 4.79 Å². The van der Waals surface area contributed by atoms with Gasteiger partial charge in [-0.25, -0.2) is 13.1 Å². The molecule has 0 aliphatic rings. The van der Waals surface area contributed by atoms with Gasteiger partial charge in [-0.15, -0.1) is 0 Å². The first-order valence-electron chi connectivity index (χ1n) is 8.39. The van der Waals surface area contributed by atoms with E-state index in [1.807, 2.05) is 24.3 Å². The molecule has 0 atom stereocenters. The zero-order chi connectivity index (χ0) is 19.9. The zero-order valence-corrected chi connectivity index (χ0v) is 16.4. The van der Waals surface area contributed by atoms with E-state index >= 15 is 0 Å². The topological polar surface area (TPSA) is 93.7 Å². The SMILES string of the molecule is COc1ccc(CCNC(=O)CNS(=O)(=O)c2cc(C)ccc2OC)cc1. The molecule has 0 aliphatic carbocycles. The highest BCUT2D eigenvalue weighted by atomic mass is 32.2. The normalized spacial score (nSPS) is 11.1. The first kappa shape index (κ1) is 20.7. The number of aryl methyl sites for hydroxylation is 1. The van der Waals surface area contributed by atoms with Gasteiger partial charge in [-0.05, 0) is 48.7 Å². The van der Waals surface area contributed by atoms with E-state index in [9.17, 15) is 13.2 Å². The molecule has 146 valence electrons. The quantitative estimate of drug-likeness (QED) is 0.677. The van der Waals surface area contributed by atoms with Crippen molar-refractivity contribution in [2.24, 2.45) is 0 Å². The molecule has 0 saturated heterocycles. The number of carbonyl (C=O) groups is 1. The first-order valence-corrected chi connectivity index (χ1v) is 9.88. The second-order valence-electron chi connectivity index (χ2n) is 5.93. The van der Waals surface area contributed by atoms with Gasteiger partial charge in [0, 0.05) is 6.54 Å². The summed E-state index contributed by atoms with van der Waals surface area (Å²) in [6, 6.07) is 12.4. The second kappa shape index (κ2) is 9.38. The lowest BCUT2D eigenvalue weighted by Crippen LogP contribution is -2.37. The molecule has 0 spiro atoms. The lowest BCUT2D eigenvalue weighted by atomic mass is 10.1. The molecule has 2 N–H and O–H groups in total. The van der Waals surface area contributed by atoms with E-state index in [1.165, 1.54) is 13.2 Å². The number of amides is 1. The fourth-order valence-electron chi connectivity index (χ4n) is 2.43. The van der Waals surface area contributed by atoms with Crippen molar-refractivity contribution in [3.63, 3.8) is 0 Å². The minimum absolute atomic E-state index is 0.0102. The first-order chi connectivity index (χ1) is 12.9. The van der Waals surface area contributed by atoms with E-state index in [0.29, 0.717) is 13.0 Å². The zero-order valence-electron chi connectivity index (χ0n) is 15.6. The summed E-state index contributed by atoms with van der Waals surface area (Å²) in [6.45, 7) is 1.84. The molecule has 0 aromatic heterocycles.